The summed E-state index contributed by atoms with van der Waals surface area (Å²) in [5.74, 6) is 0.268. The molecule has 1 aromatic carbocycles. The van der Waals surface area contributed by atoms with Crippen LogP contribution >= 0.6 is 11.6 Å². The first kappa shape index (κ1) is 18.7. The number of anilines is 1. The number of hydrogen-bond acceptors (Lipinski definition) is 4. The van der Waals surface area contributed by atoms with E-state index in [2.05, 4.69) is 0 Å². The molecule has 0 unspecified atom stereocenters. The minimum Gasteiger partial charge on any atom is -0.489 e. The van der Waals surface area contributed by atoms with Gasteiger partial charge in [0.25, 0.3) is 0 Å². The van der Waals surface area contributed by atoms with Crippen LogP contribution in [0.5, 0.6) is 5.75 Å². The van der Waals surface area contributed by atoms with Gasteiger partial charge in [-0.05, 0) is 32.4 Å². The van der Waals surface area contributed by atoms with Gasteiger partial charge >= 0.3 is 0 Å². The zero-order chi connectivity index (χ0) is 16.5. The largest absolute Gasteiger partial charge is 0.489 e. The summed E-state index contributed by atoms with van der Waals surface area (Å²) in [6, 6.07) is 5.62. The molecular weight excluding hydrogens is 306 g/mol. The van der Waals surface area contributed by atoms with Gasteiger partial charge in [0.05, 0.1) is 18.4 Å². The summed E-state index contributed by atoms with van der Waals surface area (Å²) in [5, 5.41) is 0. The predicted octanol–water partition coefficient (Wildman–Crippen LogP) is 2.97. The van der Waals surface area contributed by atoms with Crippen LogP contribution in [0.15, 0.2) is 18.2 Å². The first-order valence-corrected chi connectivity index (χ1v) is 7.74. The van der Waals surface area contributed by atoms with E-state index in [-0.39, 0.29) is 24.6 Å². The number of halogens is 1. The van der Waals surface area contributed by atoms with Crippen LogP contribution < -0.4 is 9.64 Å². The fourth-order valence-corrected chi connectivity index (χ4v) is 2.03. The number of amides is 1. The van der Waals surface area contributed by atoms with Crippen LogP contribution in [-0.4, -0.2) is 44.9 Å². The number of carbonyl (C=O) groups is 1. The molecule has 5 nitrogen and oxygen atoms in total. The molecule has 0 saturated carbocycles. The van der Waals surface area contributed by atoms with Crippen LogP contribution in [0.1, 0.15) is 19.4 Å². The van der Waals surface area contributed by atoms with Crippen LogP contribution in [0, 0.1) is 6.92 Å². The Labute approximate surface area is 137 Å². The fourth-order valence-electron chi connectivity index (χ4n) is 1.89. The average Bonchev–Trinajstić information content (AvgIpc) is 2.49. The molecule has 0 radical (unpaired) electrons. The smallest absolute Gasteiger partial charge is 0.243 e. The van der Waals surface area contributed by atoms with Crippen molar-refractivity contribution in [3.05, 3.63) is 23.8 Å². The van der Waals surface area contributed by atoms with Gasteiger partial charge in [-0.25, -0.2) is 0 Å². The van der Waals surface area contributed by atoms with Crippen LogP contribution in [0.3, 0.4) is 0 Å². The van der Waals surface area contributed by atoms with E-state index in [4.69, 9.17) is 25.8 Å². The van der Waals surface area contributed by atoms with E-state index in [1.54, 1.807) is 7.11 Å². The fraction of sp³-hybridized carbons (Fsp3) is 0.562. The van der Waals surface area contributed by atoms with Crippen molar-refractivity contribution in [1.29, 1.82) is 0 Å². The summed E-state index contributed by atoms with van der Waals surface area (Å²) >= 11 is 5.74. The normalized spacial score (nSPS) is 10.8. The van der Waals surface area contributed by atoms with Crippen molar-refractivity contribution >= 4 is 23.2 Å². The molecular formula is C16H24ClNO4. The third-order valence-electron chi connectivity index (χ3n) is 2.97. The molecule has 0 saturated heterocycles. The van der Waals surface area contributed by atoms with Crippen LogP contribution in [-0.2, 0) is 14.3 Å². The maximum Gasteiger partial charge on any atom is 0.243 e. The minimum atomic E-state index is -0.229. The van der Waals surface area contributed by atoms with Crippen LogP contribution in [0.25, 0.3) is 0 Å². The van der Waals surface area contributed by atoms with Gasteiger partial charge in [0.15, 0.2) is 0 Å². The van der Waals surface area contributed by atoms with Gasteiger partial charge in [-0.3, -0.25) is 9.69 Å². The first-order valence-electron chi connectivity index (χ1n) is 7.20. The molecule has 1 aromatic rings. The molecule has 0 aromatic heterocycles. The van der Waals surface area contributed by atoms with E-state index in [9.17, 15) is 4.79 Å². The zero-order valence-electron chi connectivity index (χ0n) is 13.6. The number of methoxy groups -OCH3 is 1. The highest BCUT2D eigenvalue weighted by Gasteiger charge is 2.21. The summed E-state index contributed by atoms with van der Waals surface area (Å²) in [6.07, 6.45) is 0.00695. The Morgan fingerprint density at radius 1 is 1.32 bits per heavy atom. The number of rotatable bonds is 9. The van der Waals surface area contributed by atoms with Crippen LogP contribution in [0.2, 0.25) is 0 Å². The van der Waals surface area contributed by atoms with Crippen molar-refractivity contribution in [3.63, 3.8) is 0 Å². The summed E-state index contributed by atoms with van der Waals surface area (Å²) < 4.78 is 16.3. The molecule has 0 aliphatic heterocycles. The highest BCUT2D eigenvalue weighted by molar-refractivity contribution is 6.29. The molecule has 0 fully saturated rings. The van der Waals surface area contributed by atoms with Gasteiger partial charge in [-0.15, -0.1) is 11.6 Å². The SMILES string of the molecule is COCCOc1cccc(C)c1N(COC(C)C)C(=O)CCl. The van der Waals surface area contributed by atoms with E-state index >= 15 is 0 Å². The monoisotopic (exact) mass is 329 g/mol. The molecule has 22 heavy (non-hydrogen) atoms. The Morgan fingerprint density at radius 3 is 2.64 bits per heavy atom. The van der Waals surface area contributed by atoms with Gasteiger partial charge in [-0.2, -0.15) is 0 Å². The Morgan fingerprint density at radius 2 is 2.05 bits per heavy atom. The van der Waals surface area contributed by atoms with Gasteiger partial charge < -0.3 is 14.2 Å². The number of benzene rings is 1. The topological polar surface area (TPSA) is 48.0 Å². The maximum absolute atomic E-state index is 12.2. The molecule has 0 heterocycles. The number of hydrogen-bond donors (Lipinski definition) is 0. The maximum atomic E-state index is 12.2. The second-order valence-corrected chi connectivity index (χ2v) is 5.33. The van der Waals surface area contributed by atoms with Gasteiger partial charge in [0, 0.05) is 7.11 Å². The quantitative estimate of drug-likeness (QED) is 0.397. The third kappa shape index (κ3) is 5.48. The van der Waals surface area contributed by atoms with E-state index in [0.717, 1.165) is 5.56 Å². The summed E-state index contributed by atoms with van der Waals surface area (Å²) in [7, 11) is 1.61. The molecule has 0 N–H and O–H groups in total. The molecule has 0 spiro atoms. The van der Waals surface area contributed by atoms with E-state index in [1.165, 1.54) is 4.90 Å². The number of alkyl halides is 1. The predicted molar refractivity (Wildman–Crippen MR) is 87.8 cm³/mol. The lowest BCUT2D eigenvalue weighted by Crippen LogP contribution is -2.36. The average molecular weight is 330 g/mol. The van der Waals surface area contributed by atoms with Crippen molar-refractivity contribution in [2.45, 2.75) is 26.9 Å². The zero-order valence-corrected chi connectivity index (χ0v) is 14.4. The van der Waals surface area contributed by atoms with Crippen LogP contribution in [0.4, 0.5) is 5.69 Å². The Kier molecular flexibility index (Phi) is 8.24. The van der Waals surface area contributed by atoms with E-state index < -0.39 is 0 Å². The molecule has 1 amide bonds. The van der Waals surface area contributed by atoms with Gasteiger partial charge in [0.2, 0.25) is 5.91 Å². The first-order chi connectivity index (χ1) is 10.5. The lowest BCUT2D eigenvalue weighted by Gasteiger charge is -2.26. The Balaban J connectivity index is 3.07. The standard InChI is InChI=1S/C16H24ClNO4/c1-12(2)22-11-18(15(19)10-17)16-13(3)6-5-7-14(16)21-9-8-20-4/h5-7,12H,8-11H2,1-4H3. The summed E-state index contributed by atoms with van der Waals surface area (Å²) in [4.78, 5) is 13.7. The van der Waals surface area contributed by atoms with Crippen molar-refractivity contribution < 1.29 is 19.0 Å². The number of nitrogens with zero attached hydrogens (tertiary/aromatic N) is 1. The van der Waals surface area contributed by atoms with E-state index in [0.29, 0.717) is 24.7 Å². The highest BCUT2D eigenvalue weighted by Crippen LogP contribution is 2.32. The molecule has 6 heteroatoms. The molecule has 0 aliphatic carbocycles. The third-order valence-corrected chi connectivity index (χ3v) is 3.20. The lowest BCUT2D eigenvalue weighted by atomic mass is 10.1. The molecule has 0 bridgehead atoms. The van der Waals surface area contributed by atoms with Crippen molar-refractivity contribution in [2.24, 2.45) is 0 Å². The van der Waals surface area contributed by atoms with Gasteiger partial charge in [-0.1, -0.05) is 12.1 Å². The van der Waals surface area contributed by atoms with Crippen molar-refractivity contribution in [2.75, 3.05) is 37.8 Å². The van der Waals surface area contributed by atoms with Crippen molar-refractivity contribution in [3.8, 4) is 5.75 Å². The van der Waals surface area contributed by atoms with Gasteiger partial charge in [0.1, 0.15) is 25.0 Å². The van der Waals surface area contributed by atoms with Crippen molar-refractivity contribution in [1.82, 2.24) is 0 Å². The number of para-hydroxylation sites is 1. The minimum absolute atomic E-state index is 0.00695. The second-order valence-electron chi connectivity index (χ2n) is 5.06. The number of carbonyl (C=O) groups excluding carboxylic acids is 1. The molecule has 0 aliphatic rings. The summed E-state index contributed by atoms with van der Waals surface area (Å²) in [5.41, 5.74) is 1.60. The Hall–Kier alpha value is -1.30. The molecule has 0 atom stereocenters. The highest BCUT2D eigenvalue weighted by atomic mass is 35.5. The second kappa shape index (κ2) is 9.66. The van der Waals surface area contributed by atoms with E-state index in [1.807, 2.05) is 39.0 Å². The molecule has 124 valence electrons. The molecule has 1 rings (SSSR count). The number of ether oxygens (including phenoxy) is 3. The Bertz CT molecular complexity index is 479. The lowest BCUT2D eigenvalue weighted by molar-refractivity contribution is -0.117. The number of aryl methyl sites for hydroxylation is 1. The summed E-state index contributed by atoms with van der Waals surface area (Å²) in [6.45, 7) is 6.76.